The van der Waals surface area contributed by atoms with Gasteiger partial charge in [-0.1, -0.05) is 42.5 Å². The number of hydrogen-bond donors (Lipinski definition) is 0. The topological polar surface area (TPSA) is 17.1 Å². The van der Waals surface area contributed by atoms with Crippen LogP contribution in [-0.4, -0.2) is 5.78 Å². The lowest BCUT2D eigenvalue weighted by atomic mass is 10.0. The second-order valence-corrected chi connectivity index (χ2v) is 5.53. The van der Waals surface area contributed by atoms with Crippen LogP contribution in [0.1, 0.15) is 22.3 Å². The number of carbonyl (C=O) groups excluding carboxylic acids is 1. The maximum absolute atomic E-state index is 12.0. The Morgan fingerprint density at radius 3 is 2.68 bits per heavy atom. The van der Waals surface area contributed by atoms with Crippen LogP contribution < -0.4 is 0 Å². The highest BCUT2D eigenvalue weighted by molar-refractivity contribution is 7.17. The molecule has 0 radical (unpaired) electrons. The van der Waals surface area contributed by atoms with E-state index in [9.17, 15) is 4.79 Å². The number of carbonyl (C=O) groups is 1. The molecule has 0 amide bonds. The molecule has 0 fully saturated rings. The highest BCUT2D eigenvalue weighted by Crippen LogP contribution is 2.22. The molecule has 0 unspecified atom stereocenters. The molecule has 94 valence electrons. The molecule has 0 saturated carbocycles. The largest absolute Gasteiger partial charge is 0.294 e. The number of thiophene rings is 1. The van der Waals surface area contributed by atoms with E-state index in [2.05, 4.69) is 29.6 Å². The normalized spacial score (nSPS) is 10.7. The summed E-state index contributed by atoms with van der Waals surface area (Å²) in [6.45, 7) is 0. The summed E-state index contributed by atoms with van der Waals surface area (Å²) >= 11 is 1.75. The zero-order valence-corrected chi connectivity index (χ0v) is 11.3. The first-order chi connectivity index (χ1) is 9.33. The molecular weight excluding hydrogens is 252 g/mol. The van der Waals surface area contributed by atoms with Gasteiger partial charge in [-0.15, -0.1) is 11.3 Å². The van der Waals surface area contributed by atoms with Crippen molar-refractivity contribution in [2.75, 3.05) is 0 Å². The van der Waals surface area contributed by atoms with E-state index >= 15 is 0 Å². The molecule has 19 heavy (non-hydrogen) atoms. The van der Waals surface area contributed by atoms with Gasteiger partial charge in [-0.05, 0) is 34.9 Å². The van der Waals surface area contributed by atoms with Gasteiger partial charge in [-0.25, -0.2) is 0 Å². The second-order valence-electron chi connectivity index (χ2n) is 4.58. The molecule has 0 N–H and O–H groups in total. The number of hydrogen-bond acceptors (Lipinski definition) is 2. The van der Waals surface area contributed by atoms with Gasteiger partial charge in [-0.2, -0.15) is 0 Å². The van der Waals surface area contributed by atoms with E-state index in [1.807, 2.05) is 30.3 Å². The van der Waals surface area contributed by atoms with E-state index in [-0.39, 0.29) is 5.78 Å². The number of ketones is 1. The molecule has 1 nitrogen and oxygen atoms in total. The van der Waals surface area contributed by atoms with Crippen LogP contribution in [0.15, 0.2) is 60.0 Å². The van der Waals surface area contributed by atoms with Crippen LogP contribution in [0.3, 0.4) is 0 Å². The fourth-order valence-corrected chi connectivity index (χ4v) is 3.03. The molecule has 0 atom stereocenters. The molecule has 0 aliphatic carbocycles. The van der Waals surface area contributed by atoms with Gasteiger partial charge in [0.15, 0.2) is 5.78 Å². The molecule has 3 rings (SSSR count). The van der Waals surface area contributed by atoms with Crippen molar-refractivity contribution in [3.8, 4) is 0 Å². The van der Waals surface area contributed by atoms with Gasteiger partial charge in [-0.3, -0.25) is 4.79 Å². The molecule has 0 bridgehead atoms. The van der Waals surface area contributed by atoms with E-state index < -0.39 is 0 Å². The molecular formula is C17H14OS. The fraction of sp³-hybridized carbons (Fsp3) is 0.118. The zero-order chi connectivity index (χ0) is 13.1. The summed E-state index contributed by atoms with van der Waals surface area (Å²) in [5.41, 5.74) is 2.04. The first-order valence-corrected chi connectivity index (χ1v) is 7.25. The van der Waals surface area contributed by atoms with Gasteiger partial charge in [0, 0.05) is 16.7 Å². The van der Waals surface area contributed by atoms with Gasteiger partial charge in [0.2, 0.25) is 0 Å². The van der Waals surface area contributed by atoms with Crippen molar-refractivity contribution >= 4 is 27.2 Å². The van der Waals surface area contributed by atoms with E-state index in [0.717, 1.165) is 12.0 Å². The van der Waals surface area contributed by atoms with Crippen LogP contribution >= 0.6 is 11.3 Å². The Morgan fingerprint density at radius 2 is 1.84 bits per heavy atom. The Kier molecular flexibility index (Phi) is 3.43. The van der Waals surface area contributed by atoms with Crippen LogP contribution in [-0.2, 0) is 6.42 Å². The minimum Gasteiger partial charge on any atom is -0.294 e. The Bertz CT molecular complexity index is 697. The maximum Gasteiger partial charge on any atom is 0.163 e. The number of rotatable bonds is 4. The van der Waals surface area contributed by atoms with Gasteiger partial charge in [0.1, 0.15) is 0 Å². The van der Waals surface area contributed by atoms with E-state index in [4.69, 9.17) is 0 Å². The van der Waals surface area contributed by atoms with Crippen molar-refractivity contribution in [3.63, 3.8) is 0 Å². The van der Waals surface area contributed by atoms with Crippen LogP contribution in [0.5, 0.6) is 0 Å². The van der Waals surface area contributed by atoms with Crippen molar-refractivity contribution < 1.29 is 4.79 Å². The van der Waals surface area contributed by atoms with Crippen LogP contribution in [0.4, 0.5) is 0 Å². The number of fused-ring (bicyclic) bond motifs is 1. The first-order valence-electron chi connectivity index (χ1n) is 6.37. The Hall–Kier alpha value is -1.93. The molecule has 0 spiro atoms. The summed E-state index contributed by atoms with van der Waals surface area (Å²) < 4.78 is 1.30. The number of aryl methyl sites for hydroxylation is 1. The smallest absolute Gasteiger partial charge is 0.163 e. The monoisotopic (exact) mass is 266 g/mol. The first kappa shape index (κ1) is 12.1. The van der Waals surface area contributed by atoms with Crippen molar-refractivity contribution in [1.29, 1.82) is 0 Å². The highest BCUT2D eigenvalue weighted by Gasteiger charge is 2.06. The predicted octanol–water partition coefficient (Wildman–Crippen LogP) is 4.72. The quantitative estimate of drug-likeness (QED) is 0.625. The van der Waals surface area contributed by atoms with Crippen molar-refractivity contribution in [3.05, 3.63) is 71.1 Å². The minimum absolute atomic E-state index is 0.215. The standard InChI is InChI=1S/C17H14OS/c18-16(14-4-2-1-3-5-14)9-7-13-6-8-15-10-11-19-17(15)12-13/h1-6,8,10-12H,7,9H2. The summed E-state index contributed by atoms with van der Waals surface area (Å²) in [6.07, 6.45) is 1.38. The Labute approximate surface area is 116 Å². The lowest BCUT2D eigenvalue weighted by Crippen LogP contribution is -2.00. The predicted molar refractivity (Wildman–Crippen MR) is 80.9 cm³/mol. The summed E-state index contributed by atoms with van der Waals surface area (Å²) in [7, 11) is 0. The summed E-state index contributed by atoms with van der Waals surface area (Å²) in [5, 5.41) is 3.38. The Morgan fingerprint density at radius 1 is 1.00 bits per heavy atom. The van der Waals surface area contributed by atoms with Crippen LogP contribution in [0, 0.1) is 0 Å². The molecule has 1 aromatic heterocycles. The molecule has 3 aromatic rings. The van der Waals surface area contributed by atoms with E-state index in [0.29, 0.717) is 6.42 Å². The number of Topliss-reactive ketones (excluding diaryl/α,β-unsaturated/α-hetero) is 1. The van der Waals surface area contributed by atoms with E-state index in [1.165, 1.54) is 15.6 Å². The Balaban J connectivity index is 1.70. The number of benzene rings is 2. The van der Waals surface area contributed by atoms with Gasteiger partial charge in [0.05, 0.1) is 0 Å². The van der Waals surface area contributed by atoms with Gasteiger partial charge < -0.3 is 0 Å². The SMILES string of the molecule is O=C(CCc1ccc2ccsc2c1)c1ccccc1. The lowest BCUT2D eigenvalue weighted by Gasteiger charge is -2.02. The van der Waals surface area contributed by atoms with Gasteiger partial charge >= 0.3 is 0 Å². The second kappa shape index (κ2) is 5.37. The molecule has 1 heterocycles. The third-order valence-electron chi connectivity index (χ3n) is 3.26. The van der Waals surface area contributed by atoms with E-state index in [1.54, 1.807) is 11.3 Å². The minimum atomic E-state index is 0.215. The van der Waals surface area contributed by atoms with Crippen LogP contribution in [0.2, 0.25) is 0 Å². The highest BCUT2D eigenvalue weighted by atomic mass is 32.1. The summed E-state index contributed by atoms with van der Waals surface area (Å²) in [5.74, 6) is 0.215. The molecule has 0 aliphatic rings. The lowest BCUT2D eigenvalue weighted by molar-refractivity contribution is 0.0983. The summed E-state index contributed by atoms with van der Waals surface area (Å²) in [4.78, 5) is 12.0. The maximum atomic E-state index is 12.0. The molecule has 0 aliphatic heterocycles. The summed E-state index contributed by atoms with van der Waals surface area (Å²) in [6, 6.07) is 18.1. The zero-order valence-electron chi connectivity index (χ0n) is 10.5. The molecule has 2 heteroatoms. The average molecular weight is 266 g/mol. The third-order valence-corrected chi connectivity index (χ3v) is 4.14. The van der Waals surface area contributed by atoms with Crippen LogP contribution in [0.25, 0.3) is 10.1 Å². The third kappa shape index (κ3) is 2.74. The average Bonchev–Trinajstić information content (AvgIpc) is 2.93. The molecule has 0 saturated heterocycles. The molecule has 2 aromatic carbocycles. The fourth-order valence-electron chi connectivity index (χ4n) is 2.18. The van der Waals surface area contributed by atoms with Crippen molar-refractivity contribution in [2.24, 2.45) is 0 Å². The van der Waals surface area contributed by atoms with Gasteiger partial charge in [0.25, 0.3) is 0 Å². The van der Waals surface area contributed by atoms with Crippen molar-refractivity contribution in [2.45, 2.75) is 12.8 Å². The van der Waals surface area contributed by atoms with Crippen molar-refractivity contribution in [1.82, 2.24) is 0 Å².